The zero-order chi connectivity index (χ0) is 14.4. The van der Waals surface area contributed by atoms with E-state index in [-0.39, 0.29) is 24.7 Å². The molecule has 1 aromatic heterocycles. The van der Waals surface area contributed by atoms with Gasteiger partial charge in [0.2, 0.25) is 5.78 Å². The first-order chi connectivity index (χ1) is 9.72. The van der Waals surface area contributed by atoms with Crippen molar-refractivity contribution < 1.29 is 14.3 Å². The minimum Gasteiger partial charge on any atom is -0.466 e. The van der Waals surface area contributed by atoms with Gasteiger partial charge >= 0.3 is 5.97 Å². The van der Waals surface area contributed by atoms with Crippen LogP contribution in [0.2, 0.25) is 0 Å². The molecule has 0 bridgehead atoms. The smallest absolute Gasteiger partial charge is 0.307 e. The molecular formula is C14H15N3O3. The number of nitrogens with zero attached hydrogens (tertiary/aromatic N) is 3. The summed E-state index contributed by atoms with van der Waals surface area (Å²) >= 11 is 0. The molecule has 0 spiro atoms. The summed E-state index contributed by atoms with van der Waals surface area (Å²) in [6.45, 7) is 2.36. The maximum absolute atomic E-state index is 12.3. The van der Waals surface area contributed by atoms with Crippen LogP contribution in [0.5, 0.6) is 0 Å². The molecule has 0 aliphatic rings. The van der Waals surface area contributed by atoms with Crippen molar-refractivity contribution in [2.75, 3.05) is 6.61 Å². The quantitative estimate of drug-likeness (QED) is 0.588. The van der Waals surface area contributed by atoms with Crippen LogP contribution in [0.15, 0.2) is 36.5 Å². The van der Waals surface area contributed by atoms with E-state index in [1.54, 1.807) is 31.2 Å². The minimum atomic E-state index is -0.318. The zero-order valence-corrected chi connectivity index (χ0v) is 11.2. The van der Waals surface area contributed by atoms with Crippen LogP contribution >= 0.6 is 0 Å². The van der Waals surface area contributed by atoms with Gasteiger partial charge in [-0.05, 0) is 6.92 Å². The highest BCUT2D eigenvalue weighted by atomic mass is 16.5. The molecule has 0 radical (unpaired) electrons. The number of ketones is 1. The van der Waals surface area contributed by atoms with Crippen LogP contribution in [0.1, 0.15) is 29.4 Å². The van der Waals surface area contributed by atoms with Crippen molar-refractivity contribution in [1.29, 1.82) is 0 Å². The third-order valence-electron chi connectivity index (χ3n) is 2.72. The summed E-state index contributed by atoms with van der Waals surface area (Å²) < 4.78 is 6.26. The van der Waals surface area contributed by atoms with Crippen LogP contribution in [0.4, 0.5) is 0 Å². The molecule has 0 aliphatic heterocycles. The van der Waals surface area contributed by atoms with E-state index in [1.807, 2.05) is 6.07 Å². The molecule has 2 aromatic rings. The van der Waals surface area contributed by atoms with E-state index >= 15 is 0 Å². The summed E-state index contributed by atoms with van der Waals surface area (Å²) in [4.78, 5) is 23.6. The standard InChI is InChI=1S/C14H15N3O3/c1-2-20-13(18)8-9-17-12(10-15-16-17)14(19)11-6-4-3-5-7-11/h3-7,10H,2,8-9H2,1H3. The van der Waals surface area contributed by atoms with Crippen molar-refractivity contribution in [2.24, 2.45) is 0 Å². The van der Waals surface area contributed by atoms with Crippen LogP contribution in [0, 0.1) is 0 Å². The lowest BCUT2D eigenvalue weighted by Gasteiger charge is -2.05. The van der Waals surface area contributed by atoms with Crippen LogP contribution in [-0.4, -0.2) is 33.4 Å². The Hall–Kier alpha value is -2.50. The molecule has 1 heterocycles. The molecule has 0 unspecified atom stereocenters. The van der Waals surface area contributed by atoms with Crippen molar-refractivity contribution in [2.45, 2.75) is 19.9 Å². The molecule has 0 atom stereocenters. The minimum absolute atomic E-state index is 0.159. The van der Waals surface area contributed by atoms with Crippen molar-refractivity contribution in [1.82, 2.24) is 15.0 Å². The highest BCUT2D eigenvalue weighted by Gasteiger charge is 2.15. The molecule has 0 aliphatic carbocycles. The fourth-order valence-electron chi connectivity index (χ4n) is 1.77. The number of rotatable bonds is 6. The number of aryl methyl sites for hydroxylation is 1. The van der Waals surface area contributed by atoms with Gasteiger partial charge in [-0.15, -0.1) is 5.10 Å². The lowest BCUT2D eigenvalue weighted by Crippen LogP contribution is -2.15. The van der Waals surface area contributed by atoms with Crippen molar-refractivity contribution >= 4 is 11.8 Å². The molecule has 1 aromatic carbocycles. The number of hydrogen-bond acceptors (Lipinski definition) is 5. The summed E-state index contributed by atoms with van der Waals surface area (Å²) in [6, 6.07) is 8.88. The molecule has 20 heavy (non-hydrogen) atoms. The molecule has 6 heteroatoms. The van der Waals surface area contributed by atoms with E-state index in [4.69, 9.17) is 4.74 Å². The SMILES string of the molecule is CCOC(=O)CCn1nncc1C(=O)c1ccccc1. The number of hydrogen-bond donors (Lipinski definition) is 0. The Balaban J connectivity index is 2.09. The number of carbonyl (C=O) groups excluding carboxylic acids is 2. The lowest BCUT2D eigenvalue weighted by atomic mass is 10.1. The number of benzene rings is 1. The normalized spacial score (nSPS) is 10.2. The van der Waals surface area contributed by atoms with Gasteiger partial charge < -0.3 is 4.74 Å². The molecule has 0 saturated carbocycles. The molecular weight excluding hydrogens is 258 g/mol. The fourth-order valence-corrected chi connectivity index (χ4v) is 1.77. The Kier molecular flexibility index (Phi) is 4.60. The number of esters is 1. The van der Waals surface area contributed by atoms with Crippen molar-refractivity contribution in [3.63, 3.8) is 0 Å². The summed E-state index contributed by atoms with van der Waals surface area (Å²) in [5.41, 5.74) is 0.924. The Morgan fingerprint density at radius 1 is 1.25 bits per heavy atom. The van der Waals surface area contributed by atoms with Gasteiger partial charge in [-0.2, -0.15) is 0 Å². The van der Waals surface area contributed by atoms with Crippen LogP contribution in [0.25, 0.3) is 0 Å². The average molecular weight is 273 g/mol. The molecule has 2 rings (SSSR count). The van der Waals surface area contributed by atoms with Gasteiger partial charge in [-0.25, -0.2) is 4.68 Å². The predicted molar refractivity (Wildman–Crippen MR) is 71.1 cm³/mol. The van der Waals surface area contributed by atoms with E-state index in [2.05, 4.69) is 10.3 Å². The Labute approximate surface area is 116 Å². The molecule has 104 valence electrons. The van der Waals surface area contributed by atoms with Gasteiger partial charge in [-0.3, -0.25) is 9.59 Å². The van der Waals surface area contributed by atoms with E-state index in [0.717, 1.165) is 0 Å². The first kappa shape index (κ1) is 13.9. The third kappa shape index (κ3) is 3.28. The Morgan fingerprint density at radius 2 is 2.00 bits per heavy atom. The molecule has 0 fully saturated rings. The topological polar surface area (TPSA) is 74.1 Å². The molecule has 0 saturated heterocycles. The number of aromatic nitrogens is 3. The van der Waals surface area contributed by atoms with E-state index in [9.17, 15) is 9.59 Å². The second-order valence-corrected chi connectivity index (χ2v) is 4.09. The van der Waals surface area contributed by atoms with Gasteiger partial charge in [0, 0.05) is 5.56 Å². The van der Waals surface area contributed by atoms with Gasteiger partial charge in [0.05, 0.1) is 25.8 Å². The highest BCUT2D eigenvalue weighted by molar-refractivity contribution is 6.07. The Morgan fingerprint density at radius 3 is 2.70 bits per heavy atom. The van der Waals surface area contributed by atoms with E-state index < -0.39 is 0 Å². The van der Waals surface area contributed by atoms with Gasteiger partial charge in [0.15, 0.2) is 0 Å². The summed E-state index contributed by atoms with van der Waals surface area (Å²) in [5.74, 6) is -0.486. The summed E-state index contributed by atoms with van der Waals surface area (Å²) in [6.07, 6.45) is 1.56. The van der Waals surface area contributed by atoms with Crippen LogP contribution < -0.4 is 0 Å². The molecule has 6 nitrogen and oxygen atoms in total. The van der Waals surface area contributed by atoms with Crippen LogP contribution in [0.3, 0.4) is 0 Å². The van der Waals surface area contributed by atoms with Crippen molar-refractivity contribution in [3.05, 3.63) is 47.8 Å². The highest BCUT2D eigenvalue weighted by Crippen LogP contribution is 2.08. The second kappa shape index (κ2) is 6.60. The average Bonchev–Trinajstić information content (AvgIpc) is 2.94. The monoisotopic (exact) mass is 273 g/mol. The van der Waals surface area contributed by atoms with Gasteiger partial charge in [0.1, 0.15) is 5.69 Å². The number of carbonyl (C=O) groups is 2. The molecule has 0 amide bonds. The zero-order valence-electron chi connectivity index (χ0n) is 11.2. The predicted octanol–water partition coefficient (Wildman–Crippen LogP) is 1.46. The van der Waals surface area contributed by atoms with Crippen molar-refractivity contribution in [3.8, 4) is 0 Å². The van der Waals surface area contributed by atoms with Gasteiger partial charge in [0.25, 0.3) is 0 Å². The summed E-state index contributed by atoms with van der Waals surface area (Å²) in [7, 11) is 0. The summed E-state index contributed by atoms with van der Waals surface area (Å²) in [5, 5.41) is 7.57. The fraction of sp³-hybridized carbons (Fsp3) is 0.286. The maximum atomic E-state index is 12.3. The third-order valence-corrected chi connectivity index (χ3v) is 2.72. The number of ether oxygens (including phenoxy) is 1. The van der Waals surface area contributed by atoms with Gasteiger partial charge in [-0.1, -0.05) is 35.5 Å². The first-order valence-corrected chi connectivity index (χ1v) is 6.36. The van der Waals surface area contributed by atoms with E-state index in [1.165, 1.54) is 10.9 Å². The maximum Gasteiger partial charge on any atom is 0.307 e. The molecule has 0 N–H and O–H groups in total. The van der Waals surface area contributed by atoms with E-state index in [0.29, 0.717) is 17.9 Å². The second-order valence-electron chi connectivity index (χ2n) is 4.09. The first-order valence-electron chi connectivity index (χ1n) is 6.36. The lowest BCUT2D eigenvalue weighted by molar-refractivity contribution is -0.143. The Bertz CT molecular complexity index is 593. The van der Waals surface area contributed by atoms with Crippen LogP contribution in [-0.2, 0) is 16.1 Å². The largest absolute Gasteiger partial charge is 0.466 e.